The van der Waals surface area contributed by atoms with Crippen LogP contribution in [0.25, 0.3) is 22.8 Å². The maximum absolute atomic E-state index is 11.8. The lowest BCUT2D eigenvalue weighted by Crippen LogP contribution is -2.18. The molecule has 5 nitrogen and oxygen atoms in total. The van der Waals surface area contributed by atoms with Crippen molar-refractivity contribution in [3.05, 3.63) is 58.6 Å². The molecule has 0 bridgehead atoms. The Labute approximate surface area is 129 Å². The second-order valence-corrected chi connectivity index (χ2v) is 5.35. The van der Waals surface area contributed by atoms with Gasteiger partial charge in [0.1, 0.15) is 11.2 Å². The molecule has 1 aromatic heterocycles. The number of rotatable bonds is 3. The number of aromatic nitrogens is 3. The van der Waals surface area contributed by atoms with E-state index in [4.69, 9.17) is 5.73 Å². The molecule has 1 amide bonds. The van der Waals surface area contributed by atoms with Crippen LogP contribution in [0.2, 0.25) is 0 Å². The Kier molecular flexibility index (Phi) is 3.53. The van der Waals surface area contributed by atoms with Gasteiger partial charge in [-0.1, -0.05) is 45.4 Å². The first-order chi connectivity index (χ1) is 10.1. The van der Waals surface area contributed by atoms with Gasteiger partial charge in [-0.25, -0.2) is 4.68 Å². The molecule has 2 aromatic carbocycles. The van der Waals surface area contributed by atoms with Gasteiger partial charge in [0, 0.05) is 4.47 Å². The van der Waals surface area contributed by atoms with E-state index < -0.39 is 5.91 Å². The molecule has 0 spiro atoms. The lowest BCUT2D eigenvalue weighted by Gasteiger charge is -2.04. The van der Waals surface area contributed by atoms with Gasteiger partial charge in [0.2, 0.25) is 0 Å². The maximum atomic E-state index is 11.8. The minimum absolute atomic E-state index is 0.269. The topological polar surface area (TPSA) is 73.8 Å². The third-order valence-electron chi connectivity index (χ3n) is 3.01. The van der Waals surface area contributed by atoms with Crippen molar-refractivity contribution in [1.82, 2.24) is 15.0 Å². The SMILES string of the molecule is NC(=O)/C(=C/c1ccc(Br)cc1)n1nnc2ccccc21. The largest absolute Gasteiger partial charge is 0.364 e. The van der Waals surface area contributed by atoms with Crippen LogP contribution in [0.4, 0.5) is 0 Å². The molecule has 0 unspecified atom stereocenters. The van der Waals surface area contributed by atoms with Gasteiger partial charge >= 0.3 is 0 Å². The summed E-state index contributed by atoms with van der Waals surface area (Å²) in [4.78, 5) is 11.8. The number of fused-ring (bicyclic) bond motifs is 1. The highest BCUT2D eigenvalue weighted by Crippen LogP contribution is 2.18. The third-order valence-corrected chi connectivity index (χ3v) is 3.53. The van der Waals surface area contributed by atoms with Gasteiger partial charge in [0.25, 0.3) is 5.91 Å². The molecular weight excluding hydrogens is 332 g/mol. The second kappa shape index (κ2) is 5.49. The average molecular weight is 343 g/mol. The van der Waals surface area contributed by atoms with Crippen molar-refractivity contribution in [2.24, 2.45) is 5.73 Å². The fraction of sp³-hybridized carbons (Fsp3) is 0. The molecule has 0 radical (unpaired) electrons. The Morgan fingerprint density at radius 3 is 2.57 bits per heavy atom. The number of benzene rings is 2. The summed E-state index contributed by atoms with van der Waals surface area (Å²) in [6, 6.07) is 14.9. The first-order valence-corrected chi connectivity index (χ1v) is 7.02. The highest BCUT2D eigenvalue weighted by molar-refractivity contribution is 9.10. The zero-order valence-electron chi connectivity index (χ0n) is 10.9. The van der Waals surface area contributed by atoms with Gasteiger partial charge in [-0.3, -0.25) is 4.79 Å². The van der Waals surface area contributed by atoms with E-state index in [-0.39, 0.29) is 5.70 Å². The van der Waals surface area contributed by atoms with Crippen molar-refractivity contribution >= 4 is 44.6 Å². The summed E-state index contributed by atoms with van der Waals surface area (Å²) < 4.78 is 2.42. The van der Waals surface area contributed by atoms with Crippen molar-refractivity contribution in [3.63, 3.8) is 0 Å². The third kappa shape index (κ3) is 2.71. The number of hydrogen-bond acceptors (Lipinski definition) is 3. The normalized spacial score (nSPS) is 11.8. The molecule has 0 saturated carbocycles. The number of primary amides is 1. The molecule has 0 aliphatic heterocycles. The second-order valence-electron chi connectivity index (χ2n) is 4.44. The number of carbonyl (C=O) groups excluding carboxylic acids is 1. The lowest BCUT2D eigenvalue weighted by molar-refractivity contribution is -0.113. The first kappa shape index (κ1) is 13.5. The van der Waals surface area contributed by atoms with Crippen molar-refractivity contribution in [2.45, 2.75) is 0 Å². The standard InChI is InChI=1S/C15H11BrN4O/c16-11-7-5-10(6-8-11)9-14(15(17)21)20-13-4-2-1-3-12(13)18-19-20/h1-9H,(H2,17,21)/b14-9-. The average Bonchev–Trinajstić information content (AvgIpc) is 2.90. The van der Waals surface area contributed by atoms with Crippen LogP contribution in [0.3, 0.4) is 0 Å². The molecule has 3 rings (SSSR count). The fourth-order valence-electron chi connectivity index (χ4n) is 2.00. The Hall–Kier alpha value is -2.47. The summed E-state index contributed by atoms with van der Waals surface area (Å²) in [5.41, 5.74) is 8.06. The number of hydrogen-bond donors (Lipinski definition) is 1. The number of nitrogens with zero attached hydrogens (tertiary/aromatic N) is 3. The van der Waals surface area contributed by atoms with Crippen LogP contribution < -0.4 is 5.73 Å². The van der Waals surface area contributed by atoms with E-state index >= 15 is 0 Å². The van der Waals surface area contributed by atoms with Gasteiger partial charge in [-0.05, 0) is 35.9 Å². The molecule has 2 N–H and O–H groups in total. The summed E-state index contributed by atoms with van der Waals surface area (Å²) in [7, 11) is 0. The van der Waals surface area contributed by atoms with Gasteiger partial charge in [-0.2, -0.15) is 0 Å². The lowest BCUT2D eigenvalue weighted by atomic mass is 10.2. The Morgan fingerprint density at radius 2 is 1.86 bits per heavy atom. The van der Waals surface area contributed by atoms with Gasteiger partial charge in [0.15, 0.2) is 0 Å². The van der Waals surface area contributed by atoms with E-state index in [9.17, 15) is 4.79 Å². The number of carbonyl (C=O) groups is 1. The molecule has 3 aromatic rings. The van der Waals surface area contributed by atoms with Crippen molar-refractivity contribution < 1.29 is 4.79 Å². The minimum Gasteiger partial charge on any atom is -0.364 e. The van der Waals surface area contributed by atoms with Crippen molar-refractivity contribution in [3.8, 4) is 0 Å². The molecular formula is C15H11BrN4O. The van der Waals surface area contributed by atoms with Crippen LogP contribution in [-0.4, -0.2) is 20.9 Å². The summed E-state index contributed by atoms with van der Waals surface area (Å²) in [5, 5.41) is 8.05. The fourth-order valence-corrected chi connectivity index (χ4v) is 2.26. The smallest absolute Gasteiger partial charge is 0.267 e. The van der Waals surface area contributed by atoms with E-state index in [0.717, 1.165) is 15.6 Å². The molecule has 21 heavy (non-hydrogen) atoms. The zero-order chi connectivity index (χ0) is 14.8. The number of para-hydroxylation sites is 1. The molecule has 0 saturated heterocycles. The first-order valence-electron chi connectivity index (χ1n) is 6.23. The van der Waals surface area contributed by atoms with E-state index in [1.807, 2.05) is 48.5 Å². The summed E-state index contributed by atoms with van der Waals surface area (Å²) in [6.45, 7) is 0. The van der Waals surface area contributed by atoms with E-state index in [2.05, 4.69) is 26.2 Å². The summed E-state index contributed by atoms with van der Waals surface area (Å²) in [6.07, 6.45) is 1.69. The van der Waals surface area contributed by atoms with E-state index in [0.29, 0.717) is 5.52 Å². The molecule has 0 fully saturated rings. The van der Waals surface area contributed by atoms with E-state index in [1.165, 1.54) is 4.68 Å². The van der Waals surface area contributed by atoms with Gasteiger partial charge in [0.05, 0.1) is 5.52 Å². The van der Waals surface area contributed by atoms with Crippen LogP contribution in [0.15, 0.2) is 53.0 Å². The number of nitrogens with two attached hydrogens (primary N) is 1. The van der Waals surface area contributed by atoms with Crippen LogP contribution in [0.1, 0.15) is 5.56 Å². The summed E-state index contributed by atoms with van der Waals surface area (Å²) in [5.74, 6) is -0.562. The predicted molar refractivity (Wildman–Crippen MR) is 85.0 cm³/mol. The van der Waals surface area contributed by atoms with E-state index in [1.54, 1.807) is 6.08 Å². The Balaban J connectivity index is 2.14. The van der Waals surface area contributed by atoms with Crippen LogP contribution in [-0.2, 0) is 4.79 Å². The van der Waals surface area contributed by atoms with Crippen LogP contribution >= 0.6 is 15.9 Å². The van der Waals surface area contributed by atoms with Crippen LogP contribution in [0, 0.1) is 0 Å². The quantitative estimate of drug-likeness (QED) is 0.743. The number of amides is 1. The summed E-state index contributed by atoms with van der Waals surface area (Å²) >= 11 is 3.37. The molecule has 6 heteroatoms. The Morgan fingerprint density at radius 1 is 1.14 bits per heavy atom. The molecule has 0 aliphatic rings. The molecule has 0 atom stereocenters. The molecule has 1 heterocycles. The highest BCUT2D eigenvalue weighted by atomic mass is 79.9. The van der Waals surface area contributed by atoms with Crippen molar-refractivity contribution in [1.29, 1.82) is 0 Å². The molecule has 104 valence electrons. The van der Waals surface area contributed by atoms with Gasteiger partial charge in [-0.15, -0.1) is 5.10 Å². The minimum atomic E-state index is -0.562. The zero-order valence-corrected chi connectivity index (χ0v) is 12.5. The maximum Gasteiger partial charge on any atom is 0.267 e. The number of halogens is 1. The highest BCUT2D eigenvalue weighted by Gasteiger charge is 2.13. The van der Waals surface area contributed by atoms with Crippen LogP contribution in [0.5, 0.6) is 0 Å². The Bertz CT molecular complexity index is 836. The van der Waals surface area contributed by atoms with Gasteiger partial charge < -0.3 is 5.73 Å². The molecule has 0 aliphatic carbocycles. The van der Waals surface area contributed by atoms with Crippen molar-refractivity contribution in [2.75, 3.05) is 0 Å². The predicted octanol–water partition coefficient (Wildman–Crippen LogP) is 2.68. The monoisotopic (exact) mass is 342 g/mol.